The summed E-state index contributed by atoms with van der Waals surface area (Å²) in [5.41, 5.74) is 1.39. The number of amides is 2. The topological polar surface area (TPSA) is 97.1 Å². The van der Waals surface area contributed by atoms with Crippen molar-refractivity contribution in [3.8, 4) is 11.3 Å². The van der Waals surface area contributed by atoms with Crippen molar-refractivity contribution < 1.29 is 18.5 Å². The number of rotatable bonds is 7. The third-order valence-electron chi connectivity index (χ3n) is 3.73. The third-order valence-corrected chi connectivity index (χ3v) is 3.73. The van der Waals surface area contributed by atoms with Crippen LogP contribution < -0.4 is 10.6 Å². The van der Waals surface area contributed by atoms with E-state index in [1.165, 1.54) is 18.2 Å². The van der Waals surface area contributed by atoms with Gasteiger partial charge in [0.15, 0.2) is 5.76 Å². The zero-order valence-electron chi connectivity index (χ0n) is 14.3. The van der Waals surface area contributed by atoms with Crippen LogP contribution in [0.4, 0.5) is 4.39 Å². The summed E-state index contributed by atoms with van der Waals surface area (Å²) in [4.78, 5) is 27.7. The molecule has 2 amide bonds. The van der Waals surface area contributed by atoms with Gasteiger partial charge in [0.1, 0.15) is 11.5 Å². The minimum absolute atomic E-state index is 0.0532. The Kier molecular flexibility index (Phi) is 5.88. The zero-order chi connectivity index (χ0) is 19.1. The largest absolute Gasteiger partial charge is 0.359 e. The van der Waals surface area contributed by atoms with Crippen LogP contribution in [0.15, 0.2) is 59.4 Å². The first-order chi connectivity index (χ1) is 13.1. The summed E-state index contributed by atoms with van der Waals surface area (Å²) in [5.74, 6) is -0.938. The standard InChI is InChI=1S/C19H17FN4O3/c20-16-6-2-1-5-15(16)19(26)22-9-7-18(25)23-12-14-10-17(24-27-14)13-4-3-8-21-11-13/h1-6,8,10-11H,7,9,12H2,(H,22,26)(H,23,25). The molecule has 1 aromatic carbocycles. The van der Waals surface area contributed by atoms with Gasteiger partial charge in [0.05, 0.1) is 12.1 Å². The van der Waals surface area contributed by atoms with Crippen molar-refractivity contribution in [3.63, 3.8) is 0 Å². The van der Waals surface area contributed by atoms with Gasteiger partial charge < -0.3 is 15.2 Å². The quantitative estimate of drug-likeness (QED) is 0.667. The predicted molar refractivity (Wildman–Crippen MR) is 94.9 cm³/mol. The Labute approximate surface area is 154 Å². The number of hydrogen-bond acceptors (Lipinski definition) is 5. The molecule has 2 heterocycles. The second-order valence-corrected chi connectivity index (χ2v) is 5.68. The lowest BCUT2D eigenvalue weighted by Gasteiger charge is -2.06. The van der Waals surface area contributed by atoms with Gasteiger partial charge in [-0.2, -0.15) is 0 Å². The monoisotopic (exact) mass is 368 g/mol. The van der Waals surface area contributed by atoms with E-state index in [1.807, 2.05) is 6.07 Å². The number of carbonyl (C=O) groups excluding carboxylic acids is 2. The Hall–Kier alpha value is -3.55. The first-order valence-electron chi connectivity index (χ1n) is 8.29. The predicted octanol–water partition coefficient (Wildman–Crippen LogP) is 2.31. The molecular weight excluding hydrogens is 351 g/mol. The summed E-state index contributed by atoms with van der Waals surface area (Å²) in [6.07, 6.45) is 3.39. The SMILES string of the molecule is O=C(CCNC(=O)c1ccccc1F)NCc1cc(-c2cccnc2)no1. The Morgan fingerprint density at radius 3 is 2.74 bits per heavy atom. The van der Waals surface area contributed by atoms with E-state index in [9.17, 15) is 14.0 Å². The smallest absolute Gasteiger partial charge is 0.254 e. The van der Waals surface area contributed by atoms with Crippen molar-refractivity contribution >= 4 is 11.8 Å². The fourth-order valence-electron chi connectivity index (χ4n) is 2.35. The van der Waals surface area contributed by atoms with E-state index in [1.54, 1.807) is 30.6 Å². The first-order valence-corrected chi connectivity index (χ1v) is 8.29. The Morgan fingerprint density at radius 2 is 1.96 bits per heavy atom. The summed E-state index contributed by atoms with van der Waals surface area (Å²) >= 11 is 0. The van der Waals surface area contributed by atoms with Gasteiger partial charge >= 0.3 is 0 Å². The van der Waals surface area contributed by atoms with Gasteiger partial charge in [-0.3, -0.25) is 14.6 Å². The second-order valence-electron chi connectivity index (χ2n) is 5.68. The number of nitrogens with zero attached hydrogens (tertiary/aromatic N) is 2. The van der Waals surface area contributed by atoms with Crippen molar-refractivity contribution in [2.24, 2.45) is 0 Å². The number of nitrogens with one attached hydrogen (secondary N) is 2. The molecule has 0 saturated heterocycles. The van der Waals surface area contributed by atoms with Crippen molar-refractivity contribution in [2.75, 3.05) is 6.54 Å². The lowest BCUT2D eigenvalue weighted by molar-refractivity contribution is -0.121. The summed E-state index contributed by atoms with van der Waals surface area (Å²) < 4.78 is 18.7. The molecule has 0 unspecified atom stereocenters. The van der Waals surface area contributed by atoms with Crippen molar-refractivity contribution in [3.05, 3.63) is 72.0 Å². The summed E-state index contributed by atoms with van der Waals surface area (Å²) in [7, 11) is 0. The van der Waals surface area contributed by atoms with Crippen LogP contribution in [0, 0.1) is 5.82 Å². The maximum Gasteiger partial charge on any atom is 0.254 e. The summed E-state index contributed by atoms with van der Waals surface area (Å²) in [5, 5.41) is 9.12. The molecule has 0 saturated carbocycles. The molecule has 0 aliphatic heterocycles. The van der Waals surface area contributed by atoms with E-state index in [0.29, 0.717) is 11.5 Å². The molecule has 7 nitrogen and oxygen atoms in total. The summed E-state index contributed by atoms with van der Waals surface area (Å²) in [6.45, 7) is 0.268. The number of hydrogen-bond donors (Lipinski definition) is 2. The van der Waals surface area contributed by atoms with E-state index in [0.717, 1.165) is 5.56 Å². The van der Waals surface area contributed by atoms with Gasteiger partial charge in [-0.05, 0) is 24.3 Å². The van der Waals surface area contributed by atoms with Crippen molar-refractivity contribution in [1.82, 2.24) is 20.8 Å². The van der Waals surface area contributed by atoms with Crippen LogP contribution in [0.3, 0.4) is 0 Å². The molecule has 3 rings (SSSR count). The minimum atomic E-state index is -0.603. The molecular formula is C19H17FN4O3. The number of halogens is 1. The molecule has 138 valence electrons. The van der Waals surface area contributed by atoms with E-state index >= 15 is 0 Å². The second kappa shape index (κ2) is 8.70. The first kappa shape index (κ1) is 18.2. The fourth-order valence-corrected chi connectivity index (χ4v) is 2.35. The van der Waals surface area contributed by atoms with Crippen LogP contribution in [0.25, 0.3) is 11.3 Å². The van der Waals surface area contributed by atoms with Gasteiger partial charge in [-0.1, -0.05) is 17.3 Å². The molecule has 8 heteroatoms. The number of carbonyl (C=O) groups is 2. The highest BCUT2D eigenvalue weighted by atomic mass is 19.1. The minimum Gasteiger partial charge on any atom is -0.359 e. The summed E-state index contributed by atoms with van der Waals surface area (Å²) in [6, 6.07) is 11.0. The maximum atomic E-state index is 13.5. The van der Waals surface area contributed by atoms with Gasteiger partial charge in [0.2, 0.25) is 5.91 Å². The van der Waals surface area contributed by atoms with E-state index in [-0.39, 0.29) is 31.0 Å². The highest BCUT2D eigenvalue weighted by Gasteiger charge is 2.11. The maximum absolute atomic E-state index is 13.5. The fraction of sp³-hybridized carbons (Fsp3) is 0.158. The molecule has 0 spiro atoms. The average Bonchev–Trinajstić information content (AvgIpc) is 3.16. The van der Waals surface area contributed by atoms with E-state index in [4.69, 9.17) is 4.52 Å². The van der Waals surface area contributed by atoms with Crippen LogP contribution in [0.2, 0.25) is 0 Å². The van der Waals surface area contributed by atoms with Crippen molar-refractivity contribution in [2.45, 2.75) is 13.0 Å². The van der Waals surface area contributed by atoms with Gasteiger partial charge in [-0.25, -0.2) is 4.39 Å². The normalized spacial score (nSPS) is 10.4. The number of pyridine rings is 1. The van der Waals surface area contributed by atoms with Crippen molar-refractivity contribution in [1.29, 1.82) is 0 Å². The molecule has 0 atom stereocenters. The Balaban J connectivity index is 1.42. The molecule has 0 fully saturated rings. The molecule has 0 radical (unpaired) electrons. The van der Waals surface area contributed by atoms with Gasteiger partial charge in [0.25, 0.3) is 5.91 Å². The van der Waals surface area contributed by atoms with E-state index < -0.39 is 11.7 Å². The Bertz CT molecular complexity index is 927. The molecule has 27 heavy (non-hydrogen) atoms. The average molecular weight is 368 g/mol. The lowest BCUT2D eigenvalue weighted by Crippen LogP contribution is -2.30. The lowest BCUT2D eigenvalue weighted by atomic mass is 10.2. The van der Waals surface area contributed by atoms with Crippen LogP contribution >= 0.6 is 0 Å². The molecule has 2 N–H and O–H groups in total. The zero-order valence-corrected chi connectivity index (χ0v) is 14.3. The molecule has 2 aromatic heterocycles. The molecule has 0 aliphatic carbocycles. The molecule has 3 aromatic rings. The highest BCUT2D eigenvalue weighted by Crippen LogP contribution is 2.17. The number of aromatic nitrogens is 2. The van der Waals surface area contributed by atoms with Crippen LogP contribution in [-0.4, -0.2) is 28.5 Å². The van der Waals surface area contributed by atoms with Crippen LogP contribution in [0.1, 0.15) is 22.5 Å². The van der Waals surface area contributed by atoms with Crippen LogP contribution in [0.5, 0.6) is 0 Å². The third kappa shape index (κ3) is 4.97. The number of benzene rings is 1. The van der Waals surface area contributed by atoms with E-state index in [2.05, 4.69) is 20.8 Å². The van der Waals surface area contributed by atoms with Gasteiger partial charge in [-0.15, -0.1) is 0 Å². The van der Waals surface area contributed by atoms with Gasteiger partial charge in [0, 0.05) is 37.0 Å². The molecule has 0 aliphatic rings. The van der Waals surface area contributed by atoms with Crippen LogP contribution in [-0.2, 0) is 11.3 Å². The Morgan fingerprint density at radius 1 is 1.11 bits per heavy atom. The molecule has 0 bridgehead atoms. The highest BCUT2D eigenvalue weighted by molar-refractivity contribution is 5.94.